The first-order chi connectivity index (χ1) is 45.0. The van der Waals surface area contributed by atoms with E-state index < -0.39 is 97.5 Å². The summed E-state index contributed by atoms with van der Waals surface area (Å²) in [5.41, 5.74) is 0. The summed E-state index contributed by atoms with van der Waals surface area (Å²) in [5.74, 6) is -1.36. The van der Waals surface area contributed by atoms with E-state index in [2.05, 4.69) is 58.9 Å². The van der Waals surface area contributed by atoms with Crippen molar-refractivity contribution in [2.24, 2.45) is 5.92 Å². The van der Waals surface area contributed by atoms with Crippen LogP contribution < -0.4 is 0 Å². The van der Waals surface area contributed by atoms with E-state index in [-0.39, 0.29) is 25.7 Å². The number of carbonyl (C=O) groups is 4. The second kappa shape index (κ2) is 66.8. The lowest BCUT2D eigenvalue weighted by Crippen LogP contribution is -2.30. The minimum atomic E-state index is -4.96. The van der Waals surface area contributed by atoms with Gasteiger partial charge < -0.3 is 33.8 Å². The molecule has 0 heterocycles. The molecule has 0 amide bonds. The monoisotopic (exact) mass is 1360 g/mol. The zero-order valence-corrected chi connectivity index (χ0v) is 61.7. The summed E-state index contributed by atoms with van der Waals surface area (Å²) in [6.45, 7) is 7.15. The average molecular weight is 1360 g/mol. The average Bonchev–Trinajstić information content (AvgIpc) is 1.88. The summed E-state index contributed by atoms with van der Waals surface area (Å²) in [6.07, 6.45) is 58.0. The molecule has 0 radical (unpaired) electrons. The van der Waals surface area contributed by atoms with Crippen LogP contribution in [0.3, 0.4) is 0 Å². The smallest absolute Gasteiger partial charge is 0.462 e. The maximum atomic E-state index is 13.0. The van der Waals surface area contributed by atoms with E-state index in [0.717, 1.165) is 115 Å². The molecule has 548 valence electrons. The number of ether oxygens (including phenoxy) is 4. The molecule has 0 aromatic heterocycles. The Labute approximate surface area is 567 Å². The molecule has 0 aliphatic rings. The molecule has 0 bridgehead atoms. The maximum absolute atomic E-state index is 13.0. The fourth-order valence-corrected chi connectivity index (χ4v) is 12.4. The molecule has 3 N–H and O–H groups in total. The molecular formula is C74H140O17P2. The Morgan fingerprint density at radius 3 is 0.882 bits per heavy atom. The van der Waals surface area contributed by atoms with Gasteiger partial charge in [-0.25, -0.2) is 9.13 Å². The van der Waals surface area contributed by atoms with Crippen LogP contribution in [0, 0.1) is 5.92 Å². The third-order valence-electron chi connectivity index (χ3n) is 16.7. The van der Waals surface area contributed by atoms with Crippen LogP contribution in [0.15, 0.2) is 24.3 Å². The predicted molar refractivity (Wildman–Crippen MR) is 377 cm³/mol. The normalized spacial score (nSPS) is 14.2. The fraction of sp³-hybridized carbons (Fsp3) is 0.892. The van der Waals surface area contributed by atoms with E-state index in [1.807, 2.05) is 0 Å². The zero-order chi connectivity index (χ0) is 68.4. The molecule has 0 saturated carbocycles. The SMILES string of the molecule is CCCCCC/C=C\C=C/CCCCCCCC(=O)O[C@H](COC(=O)CCCCCCC)COP(=O)(O)OC[C@H](O)COP(=O)(O)OC[C@@H](COC(=O)CCCCCCCCCCCCCCCCCC)OC(=O)CCCCCCCCCCCCCCCCC(C)C. The van der Waals surface area contributed by atoms with Gasteiger partial charge in [0.1, 0.15) is 19.3 Å². The molecule has 0 aromatic carbocycles. The number of phosphoric acid groups is 2. The van der Waals surface area contributed by atoms with Gasteiger partial charge >= 0.3 is 39.5 Å². The van der Waals surface area contributed by atoms with E-state index in [4.69, 9.17) is 37.0 Å². The quantitative estimate of drug-likeness (QED) is 0.0169. The Bertz CT molecular complexity index is 1880. The van der Waals surface area contributed by atoms with Crippen LogP contribution >= 0.6 is 15.6 Å². The summed E-state index contributed by atoms with van der Waals surface area (Å²) in [7, 11) is -9.91. The largest absolute Gasteiger partial charge is 0.472 e. The molecule has 0 aliphatic carbocycles. The van der Waals surface area contributed by atoms with Gasteiger partial charge in [-0.05, 0) is 57.3 Å². The molecule has 0 saturated heterocycles. The number of rotatable bonds is 72. The van der Waals surface area contributed by atoms with Crippen molar-refractivity contribution in [2.75, 3.05) is 39.6 Å². The number of allylic oxidation sites excluding steroid dienone is 4. The lowest BCUT2D eigenvalue weighted by molar-refractivity contribution is -0.161. The van der Waals surface area contributed by atoms with E-state index in [9.17, 15) is 43.2 Å². The molecule has 19 heteroatoms. The zero-order valence-electron chi connectivity index (χ0n) is 59.9. The molecule has 0 fully saturated rings. The summed E-state index contributed by atoms with van der Waals surface area (Å²) in [5, 5.41) is 10.6. The topological polar surface area (TPSA) is 237 Å². The van der Waals surface area contributed by atoms with Crippen LogP contribution in [0.4, 0.5) is 0 Å². The van der Waals surface area contributed by atoms with Crippen molar-refractivity contribution in [1.82, 2.24) is 0 Å². The fourth-order valence-electron chi connectivity index (χ4n) is 10.8. The van der Waals surface area contributed by atoms with Crippen molar-refractivity contribution in [3.63, 3.8) is 0 Å². The minimum absolute atomic E-state index is 0.0843. The van der Waals surface area contributed by atoms with Crippen LogP contribution in [-0.2, 0) is 65.4 Å². The van der Waals surface area contributed by atoms with Gasteiger partial charge in [0.2, 0.25) is 0 Å². The molecule has 17 nitrogen and oxygen atoms in total. The maximum Gasteiger partial charge on any atom is 0.472 e. The standard InChI is InChI=1S/C74H140O17P2/c1-6-9-12-15-17-19-21-23-25-27-31-35-39-43-48-53-58-72(77)85-64-70(91-74(79)60-55-50-45-41-37-33-29-28-30-34-38-42-47-51-56-67(4)5)66-89-93(82,83)87-62-68(75)61-86-92(80,81)88-65-69(63-84-71(76)57-52-46-14-11-8-3)90-73(78)59-54-49-44-40-36-32-26-24-22-20-18-16-13-10-7-2/h20,22,24,26,67-70,75H,6-19,21,23,25,27-66H2,1-5H3,(H,80,81)(H,82,83)/b22-20-,26-24-/t68-,69+,70+/m0/s1. The van der Waals surface area contributed by atoms with Crippen LogP contribution in [0.25, 0.3) is 0 Å². The van der Waals surface area contributed by atoms with Crippen molar-refractivity contribution < 1.29 is 80.2 Å². The van der Waals surface area contributed by atoms with Crippen LogP contribution in [0.2, 0.25) is 0 Å². The Balaban J connectivity index is 5.18. The van der Waals surface area contributed by atoms with Crippen LogP contribution in [0.1, 0.15) is 362 Å². The van der Waals surface area contributed by atoms with Gasteiger partial charge in [0, 0.05) is 25.7 Å². The minimum Gasteiger partial charge on any atom is -0.462 e. The second-order valence-electron chi connectivity index (χ2n) is 26.5. The van der Waals surface area contributed by atoms with Crippen molar-refractivity contribution in [2.45, 2.75) is 380 Å². The van der Waals surface area contributed by atoms with Crippen LogP contribution in [-0.4, -0.2) is 96.7 Å². The Kier molecular flexibility index (Phi) is 65.0. The molecule has 0 spiro atoms. The number of hydrogen-bond donors (Lipinski definition) is 3. The van der Waals surface area contributed by atoms with Gasteiger partial charge in [-0.15, -0.1) is 0 Å². The highest BCUT2D eigenvalue weighted by Crippen LogP contribution is 2.45. The first-order valence-electron chi connectivity index (χ1n) is 38.0. The third-order valence-corrected chi connectivity index (χ3v) is 18.6. The van der Waals surface area contributed by atoms with Crippen molar-refractivity contribution in [3.8, 4) is 0 Å². The van der Waals surface area contributed by atoms with Crippen molar-refractivity contribution in [1.29, 1.82) is 0 Å². The molecular weight excluding hydrogens is 1220 g/mol. The van der Waals surface area contributed by atoms with Crippen molar-refractivity contribution >= 4 is 39.5 Å². The number of aliphatic hydroxyl groups excluding tert-OH is 1. The summed E-state index contributed by atoms with van der Waals surface area (Å²) in [4.78, 5) is 72.4. The Morgan fingerprint density at radius 2 is 0.581 bits per heavy atom. The molecule has 0 rings (SSSR count). The first kappa shape index (κ1) is 90.5. The number of esters is 4. The van der Waals surface area contributed by atoms with Gasteiger partial charge in [0.15, 0.2) is 12.2 Å². The number of aliphatic hydroxyl groups is 1. The molecule has 93 heavy (non-hydrogen) atoms. The summed E-state index contributed by atoms with van der Waals surface area (Å²) in [6, 6.07) is 0. The van der Waals surface area contributed by atoms with Crippen LogP contribution in [0.5, 0.6) is 0 Å². The summed E-state index contributed by atoms with van der Waals surface area (Å²) < 4.78 is 68.2. The lowest BCUT2D eigenvalue weighted by Gasteiger charge is -2.21. The number of carbonyl (C=O) groups excluding carboxylic acids is 4. The highest BCUT2D eigenvalue weighted by molar-refractivity contribution is 7.47. The van der Waals surface area contributed by atoms with Gasteiger partial charge in [-0.3, -0.25) is 37.3 Å². The Hall–Kier alpha value is -2.46. The third kappa shape index (κ3) is 67.9. The highest BCUT2D eigenvalue weighted by Gasteiger charge is 2.30. The molecule has 2 unspecified atom stereocenters. The van der Waals surface area contributed by atoms with Gasteiger partial charge in [-0.2, -0.15) is 0 Å². The number of phosphoric ester groups is 2. The van der Waals surface area contributed by atoms with Crippen molar-refractivity contribution in [3.05, 3.63) is 24.3 Å². The van der Waals surface area contributed by atoms with E-state index in [1.165, 1.54) is 167 Å². The van der Waals surface area contributed by atoms with Gasteiger partial charge in [0.05, 0.1) is 26.4 Å². The van der Waals surface area contributed by atoms with E-state index in [1.54, 1.807) is 0 Å². The van der Waals surface area contributed by atoms with E-state index in [0.29, 0.717) is 25.7 Å². The lowest BCUT2D eigenvalue weighted by atomic mass is 10.0. The number of hydrogen-bond acceptors (Lipinski definition) is 15. The van der Waals surface area contributed by atoms with Gasteiger partial charge in [-0.1, -0.05) is 309 Å². The predicted octanol–water partition coefficient (Wildman–Crippen LogP) is 21.2. The number of unbranched alkanes of at least 4 members (excludes halogenated alkanes) is 41. The second-order valence-corrected chi connectivity index (χ2v) is 29.4. The van der Waals surface area contributed by atoms with E-state index >= 15 is 0 Å². The summed E-state index contributed by atoms with van der Waals surface area (Å²) >= 11 is 0. The Morgan fingerprint density at radius 1 is 0.333 bits per heavy atom. The molecule has 5 atom stereocenters. The van der Waals surface area contributed by atoms with Gasteiger partial charge in [0.25, 0.3) is 0 Å². The molecule has 0 aliphatic heterocycles. The first-order valence-corrected chi connectivity index (χ1v) is 40.9. The highest BCUT2D eigenvalue weighted by atomic mass is 31.2. The molecule has 0 aromatic rings.